The summed E-state index contributed by atoms with van der Waals surface area (Å²) >= 11 is 4.46. The van der Waals surface area contributed by atoms with Gasteiger partial charge in [-0.05, 0) is 104 Å². The molecule has 0 aromatic rings. The monoisotopic (exact) mass is 290 g/mol. The van der Waals surface area contributed by atoms with Gasteiger partial charge in [0.05, 0.1) is 0 Å². The molecule has 8 atom stereocenters. The molecule has 112 valence electrons. The van der Waals surface area contributed by atoms with Crippen LogP contribution in [-0.2, 0) is 0 Å². The molecule has 0 aliphatic heterocycles. The zero-order valence-corrected chi connectivity index (χ0v) is 13.7. The third kappa shape index (κ3) is 1.42. The lowest BCUT2D eigenvalue weighted by Crippen LogP contribution is -2.43. The molecule has 0 spiro atoms. The summed E-state index contributed by atoms with van der Waals surface area (Å²) in [7, 11) is 0. The van der Waals surface area contributed by atoms with Gasteiger partial charge in [0.25, 0.3) is 0 Å². The van der Waals surface area contributed by atoms with Gasteiger partial charge in [-0.15, -0.1) is 0 Å². The van der Waals surface area contributed by atoms with E-state index in [1.807, 2.05) is 0 Å². The van der Waals surface area contributed by atoms with Crippen LogP contribution < -0.4 is 0 Å². The van der Waals surface area contributed by atoms with E-state index >= 15 is 0 Å². The highest BCUT2D eigenvalue weighted by molar-refractivity contribution is 7.80. The lowest BCUT2D eigenvalue weighted by atomic mass is 9.56. The van der Waals surface area contributed by atoms with Gasteiger partial charge in [0.1, 0.15) is 0 Å². The lowest BCUT2D eigenvalue weighted by molar-refractivity contribution is -0.00507. The zero-order chi connectivity index (χ0) is 13.3. The largest absolute Gasteiger partial charge is 0.179 e. The van der Waals surface area contributed by atoms with E-state index in [4.69, 9.17) is 0 Å². The summed E-state index contributed by atoms with van der Waals surface area (Å²) in [6.07, 6.45) is 15.7. The van der Waals surface area contributed by atoms with Crippen LogP contribution in [0.1, 0.15) is 64.2 Å². The molecule has 0 aromatic carbocycles. The first kappa shape index (κ1) is 12.9. The van der Waals surface area contributed by atoms with Crippen molar-refractivity contribution in [3.63, 3.8) is 0 Å². The Morgan fingerprint density at radius 1 is 0.950 bits per heavy atom. The van der Waals surface area contributed by atoms with Crippen molar-refractivity contribution in [3.8, 4) is 0 Å². The van der Waals surface area contributed by atoms with Crippen molar-refractivity contribution < 1.29 is 0 Å². The van der Waals surface area contributed by atoms with Gasteiger partial charge < -0.3 is 0 Å². The van der Waals surface area contributed by atoms with Crippen LogP contribution in [-0.4, -0.2) is 5.75 Å². The molecular formula is C19H30S. The van der Waals surface area contributed by atoms with Crippen LogP contribution in [0.2, 0.25) is 0 Å². The summed E-state index contributed by atoms with van der Waals surface area (Å²) < 4.78 is 0. The quantitative estimate of drug-likeness (QED) is 0.411. The number of rotatable bonds is 4. The average molecular weight is 291 g/mol. The second kappa shape index (κ2) is 4.43. The molecule has 0 nitrogen and oxygen atoms in total. The van der Waals surface area contributed by atoms with Crippen LogP contribution in [0.15, 0.2) is 0 Å². The predicted molar refractivity (Wildman–Crippen MR) is 86.9 cm³/mol. The molecule has 20 heavy (non-hydrogen) atoms. The molecule has 0 saturated heterocycles. The second-order valence-corrected chi connectivity index (χ2v) is 9.37. The minimum absolute atomic E-state index is 0.833. The maximum Gasteiger partial charge on any atom is -0.00979 e. The first-order chi connectivity index (χ1) is 9.85. The summed E-state index contributed by atoms with van der Waals surface area (Å²) in [4.78, 5) is 0. The summed E-state index contributed by atoms with van der Waals surface area (Å²) in [6, 6.07) is 0. The smallest absolute Gasteiger partial charge is 0.00979 e. The van der Waals surface area contributed by atoms with Crippen LogP contribution in [0.5, 0.6) is 0 Å². The van der Waals surface area contributed by atoms with E-state index in [9.17, 15) is 0 Å². The fraction of sp³-hybridized carbons (Fsp3) is 1.00. The number of thiol groups is 1. The van der Waals surface area contributed by atoms with E-state index < -0.39 is 0 Å². The van der Waals surface area contributed by atoms with Crippen molar-refractivity contribution in [3.05, 3.63) is 0 Å². The van der Waals surface area contributed by atoms with Crippen molar-refractivity contribution in [1.82, 2.24) is 0 Å². The number of hydrogen-bond donors (Lipinski definition) is 1. The van der Waals surface area contributed by atoms with Crippen LogP contribution >= 0.6 is 12.6 Å². The van der Waals surface area contributed by atoms with Gasteiger partial charge in [-0.3, -0.25) is 0 Å². The standard InChI is InChI=1S/C19H30S/c20-9-2-1-8-19-11-15(14-4-3-5-16(14)19)17-12-6-7-13(10-12)18(17)19/h12-18,20H,1-11H2. The molecule has 1 heteroatoms. The SMILES string of the molecule is SCCCCC12CC(C3CCCC31)C1C3CCC(C3)C12. The van der Waals surface area contributed by atoms with Crippen molar-refractivity contribution in [2.45, 2.75) is 64.2 Å². The molecule has 5 aliphatic rings. The molecule has 5 aliphatic carbocycles. The highest BCUT2D eigenvalue weighted by Gasteiger charge is 2.71. The molecular weight excluding hydrogens is 260 g/mol. The minimum atomic E-state index is 0.833. The lowest BCUT2D eigenvalue weighted by Gasteiger charge is -2.48. The minimum Gasteiger partial charge on any atom is -0.179 e. The molecule has 0 amide bonds. The molecule has 4 bridgehead atoms. The van der Waals surface area contributed by atoms with Crippen molar-refractivity contribution in [1.29, 1.82) is 0 Å². The van der Waals surface area contributed by atoms with Crippen molar-refractivity contribution in [2.24, 2.45) is 46.8 Å². The molecule has 5 fully saturated rings. The molecule has 5 rings (SSSR count). The topological polar surface area (TPSA) is 0 Å². The van der Waals surface area contributed by atoms with Gasteiger partial charge in [0, 0.05) is 0 Å². The van der Waals surface area contributed by atoms with Gasteiger partial charge in [-0.2, -0.15) is 12.6 Å². The molecule has 0 aromatic heterocycles. The Morgan fingerprint density at radius 2 is 1.85 bits per heavy atom. The Morgan fingerprint density at radius 3 is 2.75 bits per heavy atom. The van der Waals surface area contributed by atoms with Crippen molar-refractivity contribution >= 4 is 12.6 Å². The number of fused-ring (bicyclic) bond motifs is 12. The van der Waals surface area contributed by atoms with Gasteiger partial charge >= 0.3 is 0 Å². The summed E-state index contributed by atoms with van der Waals surface area (Å²) in [5, 5.41) is 0. The van der Waals surface area contributed by atoms with Gasteiger partial charge in [0.2, 0.25) is 0 Å². The average Bonchev–Trinajstić information content (AvgIpc) is 3.22. The maximum atomic E-state index is 4.46. The summed E-state index contributed by atoms with van der Waals surface area (Å²) in [5.74, 6) is 9.33. The Kier molecular flexibility index (Phi) is 2.85. The molecule has 8 unspecified atom stereocenters. The maximum absolute atomic E-state index is 4.46. The second-order valence-electron chi connectivity index (χ2n) is 8.92. The molecule has 5 saturated carbocycles. The van der Waals surface area contributed by atoms with E-state index in [1.54, 1.807) is 51.4 Å². The summed E-state index contributed by atoms with van der Waals surface area (Å²) in [5.41, 5.74) is 0.833. The first-order valence-electron chi connectivity index (χ1n) is 9.46. The Bertz CT molecular complexity index is 405. The first-order valence-corrected chi connectivity index (χ1v) is 10.1. The third-order valence-electron chi connectivity index (χ3n) is 8.66. The van der Waals surface area contributed by atoms with Crippen LogP contribution in [0, 0.1) is 46.8 Å². The van der Waals surface area contributed by atoms with Gasteiger partial charge in [-0.25, -0.2) is 0 Å². The van der Waals surface area contributed by atoms with E-state index in [0.29, 0.717) is 0 Å². The fourth-order valence-electron chi connectivity index (χ4n) is 8.59. The molecule has 0 heterocycles. The van der Waals surface area contributed by atoms with Gasteiger partial charge in [-0.1, -0.05) is 12.8 Å². The van der Waals surface area contributed by atoms with E-state index in [-0.39, 0.29) is 0 Å². The van der Waals surface area contributed by atoms with E-state index in [2.05, 4.69) is 12.6 Å². The van der Waals surface area contributed by atoms with Gasteiger partial charge in [0.15, 0.2) is 0 Å². The highest BCUT2D eigenvalue weighted by atomic mass is 32.1. The Balaban J connectivity index is 1.49. The van der Waals surface area contributed by atoms with Crippen LogP contribution in [0.4, 0.5) is 0 Å². The van der Waals surface area contributed by atoms with Crippen molar-refractivity contribution in [2.75, 3.05) is 5.75 Å². The number of hydrogen-bond acceptors (Lipinski definition) is 1. The molecule has 0 N–H and O–H groups in total. The van der Waals surface area contributed by atoms with Crippen LogP contribution in [0.3, 0.4) is 0 Å². The van der Waals surface area contributed by atoms with E-state index in [1.165, 1.54) is 42.4 Å². The normalized spacial score (nSPS) is 58.4. The Labute approximate surface area is 129 Å². The number of unbranched alkanes of at least 4 members (excludes halogenated alkanes) is 1. The Hall–Kier alpha value is 0.350. The predicted octanol–water partition coefficient (Wildman–Crippen LogP) is 5.19. The third-order valence-corrected chi connectivity index (χ3v) is 8.98. The zero-order valence-electron chi connectivity index (χ0n) is 12.8. The van der Waals surface area contributed by atoms with E-state index in [0.717, 1.165) is 23.0 Å². The van der Waals surface area contributed by atoms with Crippen LogP contribution in [0.25, 0.3) is 0 Å². The summed E-state index contributed by atoms with van der Waals surface area (Å²) in [6.45, 7) is 0. The molecule has 0 radical (unpaired) electrons. The highest BCUT2D eigenvalue weighted by Crippen LogP contribution is 2.78. The fourth-order valence-corrected chi connectivity index (χ4v) is 8.81.